The Kier molecular flexibility index (Phi) is 6.26. The van der Waals surface area contributed by atoms with Crippen LogP contribution in [-0.4, -0.2) is 18.4 Å². The van der Waals surface area contributed by atoms with Gasteiger partial charge in [0.1, 0.15) is 0 Å². The second-order valence-corrected chi connectivity index (χ2v) is 6.06. The Morgan fingerprint density at radius 3 is 2.46 bits per heavy atom. The fourth-order valence-corrected chi connectivity index (χ4v) is 2.50. The Labute approximate surface area is 153 Å². The molecule has 1 N–H and O–H groups in total. The molecular weight excluding hydrogens is 369 g/mol. The second kappa shape index (κ2) is 8.23. The highest BCUT2D eigenvalue weighted by molar-refractivity contribution is 6.31. The number of hydrogen-bond acceptors (Lipinski definition) is 2. The zero-order valence-corrected chi connectivity index (χ0v) is 14.8. The lowest BCUT2D eigenvalue weighted by atomic mass is 10.2. The van der Waals surface area contributed by atoms with Crippen molar-refractivity contribution in [2.45, 2.75) is 20.3 Å². The summed E-state index contributed by atoms with van der Waals surface area (Å²) < 4.78 is 40.4. The quantitative estimate of drug-likeness (QED) is 0.774. The zero-order chi connectivity index (χ0) is 19.4. The molecule has 4 nitrogen and oxygen atoms in total. The first-order valence-electron chi connectivity index (χ1n) is 7.68. The molecule has 8 heteroatoms. The molecule has 0 aromatic heterocycles. The van der Waals surface area contributed by atoms with E-state index in [-0.39, 0.29) is 13.0 Å². The molecule has 0 fully saturated rings. The van der Waals surface area contributed by atoms with Gasteiger partial charge in [-0.3, -0.25) is 9.59 Å². The van der Waals surface area contributed by atoms with E-state index in [2.05, 4.69) is 5.32 Å². The summed E-state index contributed by atoms with van der Waals surface area (Å²) in [5.74, 6) is -5.56. The fourth-order valence-electron chi connectivity index (χ4n) is 2.33. The van der Waals surface area contributed by atoms with Gasteiger partial charge in [-0.15, -0.1) is 0 Å². The lowest BCUT2D eigenvalue weighted by Gasteiger charge is -2.22. The molecule has 0 aliphatic carbocycles. The number of halogens is 4. The van der Waals surface area contributed by atoms with Gasteiger partial charge in [-0.2, -0.15) is 0 Å². The summed E-state index contributed by atoms with van der Waals surface area (Å²) in [4.78, 5) is 24.8. The number of benzene rings is 2. The first-order valence-corrected chi connectivity index (χ1v) is 8.06. The molecule has 0 aliphatic rings. The van der Waals surface area contributed by atoms with E-state index in [1.165, 1.54) is 0 Å². The van der Waals surface area contributed by atoms with Crippen LogP contribution < -0.4 is 10.2 Å². The van der Waals surface area contributed by atoms with Crippen molar-refractivity contribution in [2.24, 2.45) is 0 Å². The average Bonchev–Trinajstić information content (AvgIpc) is 2.57. The van der Waals surface area contributed by atoms with Gasteiger partial charge in [0.25, 0.3) is 0 Å². The number of nitrogens with zero attached hydrogens (tertiary/aromatic N) is 1. The lowest BCUT2D eigenvalue weighted by Crippen LogP contribution is -2.33. The molecule has 0 bridgehead atoms. The number of anilines is 2. The molecule has 2 aromatic rings. The number of rotatable bonds is 5. The predicted molar refractivity (Wildman–Crippen MR) is 93.8 cm³/mol. The summed E-state index contributed by atoms with van der Waals surface area (Å²) >= 11 is 5.88. The van der Waals surface area contributed by atoms with E-state index in [0.717, 1.165) is 29.5 Å². The minimum atomic E-state index is -1.67. The van der Waals surface area contributed by atoms with Crippen LogP contribution in [0.25, 0.3) is 0 Å². The minimum absolute atomic E-state index is 0.177. The molecule has 0 unspecified atom stereocenters. The van der Waals surface area contributed by atoms with E-state index < -0.39 is 35.0 Å². The molecule has 0 saturated carbocycles. The number of aryl methyl sites for hydroxylation is 1. The summed E-state index contributed by atoms with van der Waals surface area (Å²) in [5.41, 5.74) is 0.872. The number of hydrogen-bond donors (Lipinski definition) is 1. The van der Waals surface area contributed by atoms with Crippen LogP contribution in [0.15, 0.2) is 30.3 Å². The van der Waals surface area contributed by atoms with Crippen molar-refractivity contribution in [1.29, 1.82) is 0 Å². The predicted octanol–water partition coefficient (Wildman–Crippen LogP) is 4.45. The first-order chi connectivity index (χ1) is 12.2. The van der Waals surface area contributed by atoms with Crippen molar-refractivity contribution in [3.8, 4) is 0 Å². The molecule has 0 atom stereocenters. The highest BCUT2D eigenvalue weighted by Gasteiger charge is 2.21. The summed E-state index contributed by atoms with van der Waals surface area (Å²) in [5, 5.41) is 3.09. The normalized spacial score (nSPS) is 10.5. The maximum absolute atomic E-state index is 13.9. The Bertz CT molecular complexity index is 859. The third-order valence-electron chi connectivity index (χ3n) is 3.72. The monoisotopic (exact) mass is 384 g/mol. The van der Waals surface area contributed by atoms with Crippen LogP contribution in [-0.2, 0) is 9.59 Å². The van der Waals surface area contributed by atoms with Gasteiger partial charge in [0.2, 0.25) is 11.8 Å². The Balaban J connectivity index is 2.12. The van der Waals surface area contributed by atoms with Crippen molar-refractivity contribution < 1.29 is 22.8 Å². The van der Waals surface area contributed by atoms with Crippen molar-refractivity contribution >= 4 is 34.8 Å². The minimum Gasteiger partial charge on any atom is -0.326 e. The Morgan fingerprint density at radius 2 is 1.81 bits per heavy atom. The van der Waals surface area contributed by atoms with Crippen molar-refractivity contribution in [3.05, 3.63) is 58.4 Å². The van der Waals surface area contributed by atoms with Crippen LogP contribution in [0, 0.1) is 24.4 Å². The number of nitrogens with one attached hydrogen (secondary N) is 1. The molecule has 138 valence electrons. The van der Waals surface area contributed by atoms with Crippen molar-refractivity contribution in [3.63, 3.8) is 0 Å². The molecule has 2 amide bonds. The van der Waals surface area contributed by atoms with Gasteiger partial charge in [-0.05, 0) is 36.8 Å². The summed E-state index contributed by atoms with van der Waals surface area (Å²) in [6, 6.07) is 6.66. The maximum Gasteiger partial charge on any atom is 0.226 e. The third kappa shape index (κ3) is 4.54. The zero-order valence-electron chi connectivity index (χ0n) is 14.1. The SMILES string of the molecule is CC(=O)N(CCC(=O)Nc1cc(Cl)ccc1C)c1ccc(F)c(F)c1F. The molecule has 0 aliphatic heterocycles. The van der Waals surface area contributed by atoms with Crippen LogP contribution in [0.5, 0.6) is 0 Å². The summed E-state index contributed by atoms with van der Waals surface area (Å²) in [6.07, 6.45) is -0.177. The van der Waals surface area contributed by atoms with Crippen LogP contribution in [0.2, 0.25) is 5.02 Å². The van der Waals surface area contributed by atoms with Gasteiger partial charge in [0.05, 0.1) is 5.69 Å². The average molecular weight is 385 g/mol. The lowest BCUT2D eigenvalue weighted by molar-refractivity contribution is -0.117. The van der Waals surface area contributed by atoms with E-state index >= 15 is 0 Å². The topological polar surface area (TPSA) is 49.4 Å². The second-order valence-electron chi connectivity index (χ2n) is 5.62. The van der Waals surface area contributed by atoms with Gasteiger partial charge in [-0.25, -0.2) is 13.2 Å². The summed E-state index contributed by atoms with van der Waals surface area (Å²) in [6.45, 7) is 2.72. The van der Waals surface area contributed by atoms with E-state index in [1.54, 1.807) is 25.1 Å². The molecule has 2 aromatic carbocycles. The largest absolute Gasteiger partial charge is 0.326 e. The Morgan fingerprint density at radius 1 is 1.12 bits per heavy atom. The highest BCUT2D eigenvalue weighted by Crippen LogP contribution is 2.24. The van der Waals surface area contributed by atoms with Crippen LogP contribution in [0.4, 0.5) is 24.5 Å². The Hall–Kier alpha value is -2.54. The van der Waals surface area contributed by atoms with E-state index in [0.29, 0.717) is 10.7 Å². The van der Waals surface area contributed by atoms with Crippen molar-refractivity contribution in [2.75, 3.05) is 16.8 Å². The van der Waals surface area contributed by atoms with Crippen molar-refractivity contribution in [1.82, 2.24) is 0 Å². The maximum atomic E-state index is 13.9. The molecule has 2 rings (SSSR count). The molecular formula is C18H16ClF3N2O2. The third-order valence-corrected chi connectivity index (χ3v) is 3.96. The fraction of sp³-hybridized carbons (Fsp3) is 0.222. The molecule has 0 heterocycles. The van der Waals surface area contributed by atoms with Gasteiger partial charge in [0, 0.05) is 30.6 Å². The van der Waals surface area contributed by atoms with Crippen LogP contribution in [0.1, 0.15) is 18.9 Å². The highest BCUT2D eigenvalue weighted by atomic mass is 35.5. The smallest absolute Gasteiger partial charge is 0.226 e. The number of carbonyl (C=O) groups is 2. The van der Waals surface area contributed by atoms with Gasteiger partial charge >= 0.3 is 0 Å². The summed E-state index contributed by atoms with van der Waals surface area (Å²) in [7, 11) is 0. The van der Waals surface area contributed by atoms with Crippen LogP contribution in [0.3, 0.4) is 0 Å². The molecule has 26 heavy (non-hydrogen) atoms. The van der Waals surface area contributed by atoms with Gasteiger partial charge in [0.15, 0.2) is 17.5 Å². The van der Waals surface area contributed by atoms with Gasteiger partial charge in [-0.1, -0.05) is 17.7 Å². The van der Waals surface area contributed by atoms with Gasteiger partial charge < -0.3 is 10.2 Å². The van der Waals surface area contributed by atoms with E-state index in [1.807, 2.05) is 0 Å². The van der Waals surface area contributed by atoms with E-state index in [9.17, 15) is 22.8 Å². The molecule has 0 spiro atoms. The molecule has 0 radical (unpaired) electrons. The van der Waals surface area contributed by atoms with E-state index in [4.69, 9.17) is 11.6 Å². The number of carbonyl (C=O) groups excluding carboxylic acids is 2. The first kappa shape index (κ1) is 19.8. The number of amides is 2. The molecule has 0 saturated heterocycles. The van der Waals surface area contributed by atoms with Crippen LogP contribution >= 0.6 is 11.6 Å². The standard InChI is InChI=1S/C18H16ClF3N2O2/c1-10-3-4-12(19)9-14(10)23-16(26)7-8-24(11(2)25)15-6-5-13(20)17(21)18(15)22/h3-6,9H,7-8H2,1-2H3,(H,23,26).